The SMILES string of the molecule is C=C(NNC(O)CCC(C)C)C(C)C. The monoisotopic (exact) mass is 200 g/mol. The average Bonchev–Trinajstić information content (AvgIpc) is 2.10. The second-order valence-electron chi connectivity index (χ2n) is 4.44. The van der Waals surface area contributed by atoms with Crippen molar-refractivity contribution in [3.63, 3.8) is 0 Å². The number of allylic oxidation sites excluding steroid dienone is 1. The maximum Gasteiger partial charge on any atom is 0.121 e. The zero-order valence-electron chi connectivity index (χ0n) is 9.80. The highest BCUT2D eigenvalue weighted by atomic mass is 16.3. The predicted octanol–water partition coefficient (Wildman–Crippen LogP) is 2.00. The maximum atomic E-state index is 9.51. The molecule has 0 heterocycles. The molecule has 0 aliphatic heterocycles. The molecule has 0 rings (SSSR count). The molecule has 0 radical (unpaired) electrons. The molecule has 0 spiro atoms. The standard InChI is InChI=1S/C11H24N2O/c1-8(2)6-7-11(14)13-12-10(5)9(3)4/h8-9,11-14H,5-7H2,1-4H3. The molecule has 0 bridgehead atoms. The van der Waals surface area contributed by atoms with Crippen molar-refractivity contribution >= 4 is 0 Å². The summed E-state index contributed by atoms with van der Waals surface area (Å²) in [5.41, 5.74) is 6.63. The van der Waals surface area contributed by atoms with Crippen LogP contribution in [0.25, 0.3) is 0 Å². The zero-order valence-corrected chi connectivity index (χ0v) is 9.80. The van der Waals surface area contributed by atoms with Crippen LogP contribution in [0.5, 0.6) is 0 Å². The number of hydrazine groups is 1. The fraction of sp³-hybridized carbons (Fsp3) is 0.818. The molecule has 0 aliphatic rings. The fourth-order valence-electron chi connectivity index (χ4n) is 0.884. The Labute approximate surface area is 87.6 Å². The topological polar surface area (TPSA) is 44.3 Å². The summed E-state index contributed by atoms with van der Waals surface area (Å²) in [7, 11) is 0. The highest BCUT2D eigenvalue weighted by Crippen LogP contribution is 2.05. The van der Waals surface area contributed by atoms with Crippen LogP contribution in [0, 0.1) is 11.8 Å². The third-order valence-corrected chi connectivity index (χ3v) is 2.11. The van der Waals surface area contributed by atoms with E-state index in [0.717, 1.165) is 18.5 Å². The second-order valence-corrected chi connectivity index (χ2v) is 4.44. The maximum absolute atomic E-state index is 9.51. The number of nitrogens with one attached hydrogen (secondary N) is 2. The van der Waals surface area contributed by atoms with Gasteiger partial charge in [0.15, 0.2) is 0 Å². The molecule has 3 heteroatoms. The highest BCUT2D eigenvalue weighted by molar-refractivity contribution is 4.92. The Morgan fingerprint density at radius 2 is 1.79 bits per heavy atom. The minimum absolute atomic E-state index is 0.375. The molecule has 0 saturated heterocycles. The molecule has 3 nitrogen and oxygen atoms in total. The van der Waals surface area contributed by atoms with Crippen LogP contribution in [0.4, 0.5) is 0 Å². The smallest absolute Gasteiger partial charge is 0.121 e. The molecule has 1 unspecified atom stereocenters. The summed E-state index contributed by atoms with van der Waals surface area (Å²) in [5, 5.41) is 9.51. The molecule has 0 aromatic heterocycles. The lowest BCUT2D eigenvalue weighted by Crippen LogP contribution is -2.41. The van der Waals surface area contributed by atoms with Crippen molar-refractivity contribution in [2.75, 3.05) is 0 Å². The number of rotatable bonds is 7. The summed E-state index contributed by atoms with van der Waals surface area (Å²) in [4.78, 5) is 0. The van der Waals surface area contributed by atoms with E-state index in [-0.39, 0.29) is 0 Å². The van der Waals surface area contributed by atoms with Gasteiger partial charge in [-0.15, -0.1) is 0 Å². The van der Waals surface area contributed by atoms with Crippen LogP contribution in [0.15, 0.2) is 12.3 Å². The summed E-state index contributed by atoms with van der Waals surface area (Å²) >= 11 is 0. The molecule has 14 heavy (non-hydrogen) atoms. The van der Waals surface area contributed by atoms with Crippen molar-refractivity contribution in [2.45, 2.75) is 46.8 Å². The summed E-state index contributed by atoms with van der Waals surface area (Å²) in [6.45, 7) is 12.2. The molecule has 84 valence electrons. The molecular formula is C11H24N2O. The summed E-state index contributed by atoms with van der Waals surface area (Å²) in [6.07, 6.45) is 1.29. The number of aliphatic hydroxyl groups is 1. The van der Waals surface area contributed by atoms with Crippen molar-refractivity contribution in [1.82, 2.24) is 10.9 Å². The molecule has 0 saturated carbocycles. The van der Waals surface area contributed by atoms with E-state index in [9.17, 15) is 5.11 Å². The van der Waals surface area contributed by atoms with Crippen LogP contribution in [-0.4, -0.2) is 11.3 Å². The first-order valence-electron chi connectivity index (χ1n) is 5.32. The largest absolute Gasteiger partial charge is 0.377 e. The van der Waals surface area contributed by atoms with Crippen LogP contribution < -0.4 is 10.9 Å². The van der Waals surface area contributed by atoms with Crippen molar-refractivity contribution in [1.29, 1.82) is 0 Å². The van der Waals surface area contributed by atoms with E-state index in [0.29, 0.717) is 11.8 Å². The first-order chi connectivity index (χ1) is 6.43. The minimum Gasteiger partial charge on any atom is -0.377 e. The van der Waals surface area contributed by atoms with Crippen molar-refractivity contribution in [2.24, 2.45) is 11.8 Å². The fourth-order valence-corrected chi connectivity index (χ4v) is 0.884. The van der Waals surface area contributed by atoms with Crippen molar-refractivity contribution in [3.05, 3.63) is 12.3 Å². The Kier molecular flexibility index (Phi) is 6.58. The van der Waals surface area contributed by atoms with Crippen molar-refractivity contribution in [3.8, 4) is 0 Å². The molecule has 0 aliphatic carbocycles. The van der Waals surface area contributed by atoms with Crippen LogP contribution in [0.3, 0.4) is 0 Å². The summed E-state index contributed by atoms with van der Waals surface area (Å²) in [6, 6.07) is 0. The van der Waals surface area contributed by atoms with E-state index < -0.39 is 6.23 Å². The normalized spacial score (nSPS) is 13.4. The van der Waals surface area contributed by atoms with Gasteiger partial charge in [-0.05, 0) is 24.7 Å². The number of hydrogen-bond acceptors (Lipinski definition) is 3. The Morgan fingerprint density at radius 3 is 2.21 bits per heavy atom. The summed E-state index contributed by atoms with van der Waals surface area (Å²) < 4.78 is 0. The third-order valence-electron chi connectivity index (χ3n) is 2.11. The van der Waals surface area contributed by atoms with Gasteiger partial charge in [0.25, 0.3) is 0 Å². The van der Waals surface area contributed by atoms with Crippen LogP contribution in [0.1, 0.15) is 40.5 Å². The Morgan fingerprint density at radius 1 is 1.21 bits per heavy atom. The van der Waals surface area contributed by atoms with Crippen LogP contribution in [0.2, 0.25) is 0 Å². The first kappa shape index (κ1) is 13.5. The lowest BCUT2D eigenvalue weighted by molar-refractivity contribution is 0.107. The van der Waals surface area contributed by atoms with Gasteiger partial charge in [-0.3, -0.25) is 0 Å². The molecule has 3 N–H and O–H groups in total. The number of hydrogen-bond donors (Lipinski definition) is 3. The second kappa shape index (κ2) is 6.85. The zero-order chi connectivity index (χ0) is 11.1. The van der Waals surface area contributed by atoms with E-state index in [4.69, 9.17) is 0 Å². The van der Waals surface area contributed by atoms with Gasteiger partial charge in [-0.2, -0.15) is 0 Å². The van der Waals surface area contributed by atoms with E-state index in [1.54, 1.807) is 0 Å². The molecule has 0 fully saturated rings. The molecule has 0 aromatic rings. The Balaban J connectivity index is 3.53. The lowest BCUT2D eigenvalue weighted by Gasteiger charge is -2.18. The van der Waals surface area contributed by atoms with E-state index in [1.165, 1.54) is 0 Å². The van der Waals surface area contributed by atoms with Gasteiger partial charge in [0.1, 0.15) is 6.23 Å². The Hall–Kier alpha value is -0.540. The van der Waals surface area contributed by atoms with Gasteiger partial charge in [0, 0.05) is 5.70 Å². The molecule has 0 amide bonds. The Bertz CT molecular complexity index is 167. The minimum atomic E-state index is -0.493. The van der Waals surface area contributed by atoms with Gasteiger partial charge >= 0.3 is 0 Å². The van der Waals surface area contributed by atoms with Crippen LogP contribution in [-0.2, 0) is 0 Å². The van der Waals surface area contributed by atoms with Gasteiger partial charge in [0.2, 0.25) is 0 Å². The van der Waals surface area contributed by atoms with E-state index >= 15 is 0 Å². The molecule has 0 aromatic carbocycles. The highest BCUT2D eigenvalue weighted by Gasteiger charge is 2.05. The van der Waals surface area contributed by atoms with Gasteiger partial charge in [0.05, 0.1) is 0 Å². The van der Waals surface area contributed by atoms with Gasteiger partial charge < -0.3 is 10.5 Å². The van der Waals surface area contributed by atoms with E-state index in [2.05, 4.69) is 45.1 Å². The first-order valence-corrected chi connectivity index (χ1v) is 5.32. The third kappa shape index (κ3) is 6.92. The van der Waals surface area contributed by atoms with Gasteiger partial charge in [-0.25, -0.2) is 5.43 Å². The molecule has 1 atom stereocenters. The van der Waals surface area contributed by atoms with Crippen LogP contribution >= 0.6 is 0 Å². The number of aliphatic hydroxyl groups excluding tert-OH is 1. The van der Waals surface area contributed by atoms with Crippen molar-refractivity contribution < 1.29 is 5.11 Å². The lowest BCUT2D eigenvalue weighted by atomic mass is 10.1. The predicted molar refractivity (Wildman–Crippen MR) is 60.3 cm³/mol. The van der Waals surface area contributed by atoms with Gasteiger partial charge in [-0.1, -0.05) is 34.3 Å². The molecular weight excluding hydrogens is 176 g/mol. The summed E-state index contributed by atoms with van der Waals surface area (Å²) in [5.74, 6) is 1.000. The average molecular weight is 200 g/mol. The van der Waals surface area contributed by atoms with E-state index in [1.807, 2.05) is 0 Å². The quantitative estimate of drug-likeness (QED) is 0.435.